The van der Waals surface area contributed by atoms with Crippen LogP contribution in [-0.2, 0) is 14.3 Å². The molecule has 2 saturated heterocycles. The van der Waals surface area contributed by atoms with Crippen molar-refractivity contribution >= 4 is 29.4 Å². The number of pyridine rings is 1. The van der Waals surface area contributed by atoms with E-state index in [9.17, 15) is 9.59 Å². The quantitative estimate of drug-likeness (QED) is 0.466. The van der Waals surface area contributed by atoms with Crippen LogP contribution < -0.4 is 4.74 Å². The van der Waals surface area contributed by atoms with Gasteiger partial charge in [0.25, 0.3) is 5.78 Å². The number of carbonyl (C=O) groups excluding carboxylic acids is 2. The van der Waals surface area contributed by atoms with Gasteiger partial charge in [-0.3, -0.25) is 14.6 Å². The Kier molecular flexibility index (Phi) is 6.56. The highest BCUT2D eigenvalue weighted by atomic mass is 32.2. The molecule has 35 heavy (non-hydrogen) atoms. The molecule has 3 aromatic rings. The lowest BCUT2D eigenvalue weighted by Gasteiger charge is -2.35. The SMILES string of the molecule is CSc1nc2nc(C)cc(OCC3CN(C(=O)[C@@H]4CC(=O)N(C)[C@H]4c4cccnc4)CCO3)n2n1. The number of nitrogens with zero attached hydrogens (tertiary/aromatic N) is 7. The summed E-state index contributed by atoms with van der Waals surface area (Å²) in [6.07, 6.45) is 5.18. The number of morpholine rings is 1. The number of hydrogen-bond acceptors (Lipinski definition) is 9. The third-order valence-electron chi connectivity index (χ3n) is 6.37. The summed E-state index contributed by atoms with van der Waals surface area (Å²) in [7, 11) is 1.74. The molecule has 2 aliphatic heterocycles. The molecular formula is C23H27N7O4S. The molecule has 0 saturated carbocycles. The summed E-state index contributed by atoms with van der Waals surface area (Å²) < 4.78 is 13.5. The van der Waals surface area contributed by atoms with E-state index < -0.39 is 5.92 Å². The zero-order valence-corrected chi connectivity index (χ0v) is 20.6. The van der Waals surface area contributed by atoms with Crippen LogP contribution in [0.15, 0.2) is 35.7 Å². The molecule has 184 valence electrons. The monoisotopic (exact) mass is 497 g/mol. The zero-order valence-electron chi connectivity index (χ0n) is 19.8. The fourth-order valence-corrected chi connectivity index (χ4v) is 4.99. The number of aryl methyl sites for hydroxylation is 1. The van der Waals surface area contributed by atoms with Crippen LogP contribution in [0.2, 0.25) is 0 Å². The molecule has 2 amide bonds. The van der Waals surface area contributed by atoms with Crippen molar-refractivity contribution in [3.8, 4) is 5.88 Å². The van der Waals surface area contributed by atoms with Gasteiger partial charge in [0.15, 0.2) is 0 Å². The van der Waals surface area contributed by atoms with Gasteiger partial charge < -0.3 is 19.3 Å². The molecule has 5 heterocycles. The van der Waals surface area contributed by atoms with Crippen molar-refractivity contribution in [1.82, 2.24) is 34.4 Å². The zero-order chi connectivity index (χ0) is 24.5. The summed E-state index contributed by atoms with van der Waals surface area (Å²) in [4.78, 5) is 42.4. The molecule has 0 N–H and O–H groups in total. The second kappa shape index (κ2) is 9.78. The van der Waals surface area contributed by atoms with Crippen LogP contribution in [0.1, 0.15) is 23.7 Å². The average molecular weight is 498 g/mol. The molecule has 2 fully saturated rings. The van der Waals surface area contributed by atoms with Crippen LogP contribution >= 0.6 is 11.8 Å². The first-order valence-electron chi connectivity index (χ1n) is 11.4. The fourth-order valence-electron chi connectivity index (χ4n) is 4.66. The first-order chi connectivity index (χ1) is 16.9. The first-order valence-corrected chi connectivity index (χ1v) is 12.6. The number of rotatable bonds is 6. The lowest BCUT2D eigenvalue weighted by atomic mass is 9.93. The van der Waals surface area contributed by atoms with Crippen LogP contribution in [-0.4, -0.2) is 91.9 Å². The Morgan fingerprint density at radius 3 is 2.97 bits per heavy atom. The van der Waals surface area contributed by atoms with E-state index in [4.69, 9.17) is 9.47 Å². The topological polar surface area (TPSA) is 115 Å². The van der Waals surface area contributed by atoms with Gasteiger partial charge in [-0.15, -0.1) is 5.10 Å². The fraction of sp³-hybridized carbons (Fsp3) is 0.478. The van der Waals surface area contributed by atoms with E-state index in [2.05, 4.69) is 20.1 Å². The summed E-state index contributed by atoms with van der Waals surface area (Å²) in [6, 6.07) is 5.21. The van der Waals surface area contributed by atoms with Gasteiger partial charge in [-0.05, 0) is 24.8 Å². The molecule has 3 atom stereocenters. The summed E-state index contributed by atoms with van der Waals surface area (Å²) in [6.45, 7) is 3.37. The molecule has 2 aliphatic rings. The minimum absolute atomic E-state index is 0.0418. The van der Waals surface area contributed by atoms with Crippen molar-refractivity contribution in [3.05, 3.63) is 41.9 Å². The van der Waals surface area contributed by atoms with E-state index >= 15 is 0 Å². The number of fused-ring (bicyclic) bond motifs is 1. The predicted octanol–water partition coefficient (Wildman–Crippen LogP) is 1.38. The minimum Gasteiger partial charge on any atom is -0.475 e. The van der Waals surface area contributed by atoms with Crippen LogP contribution in [0.4, 0.5) is 0 Å². The number of hydrogen-bond donors (Lipinski definition) is 0. The number of carbonyl (C=O) groups is 2. The van der Waals surface area contributed by atoms with Gasteiger partial charge in [0.05, 0.1) is 25.1 Å². The van der Waals surface area contributed by atoms with Crippen molar-refractivity contribution in [2.75, 3.05) is 39.6 Å². The third kappa shape index (κ3) is 4.67. The normalized spacial score (nSPS) is 22.7. The van der Waals surface area contributed by atoms with Gasteiger partial charge >= 0.3 is 0 Å². The van der Waals surface area contributed by atoms with E-state index in [1.54, 1.807) is 39.8 Å². The van der Waals surface area contributed by atoms with Gasteiger partial charge in [0.2, 0.25) is 22.9 Å². The van der Waals surface area contributed by atoms with Crippen LogP contribution in [0, 0.1) is 12.8 Å². The Morgan fingerprint density at radius 2 is 2.20 bits per heavy atom. The maximum absolute atomic E-state index is 13.5. The van der Waals surface area contributed by atoms with Gasteiger partial charge in [-0.1, -0.05) is 17.8 Å². The molecule has 0 radical (unpaired) electrons. The standard InChI is InChI=1S/C23H27N7O4S/c1-14-9-19(30-22(25-14)26-23(27-30)35-3)34-13-16-12-29(7-8-33-16)21(32)17-10-18(31)28(2)20(17)15-5-4-6-24-11-15/h4-6,9,11,16-17,20H,7-8,10,12-13H2,1-3H3/t16?,17-,20+/m1/s1. The van der Waals surface area contributed by atoms with Gasteiger partial charge in [0, 0.05) is 44.2 Å². The number of likely N-dealkylation sites (tertiary alicyclic amines) is 1. The highest BCUT2D eigenvalue weighted by molar-refractivity contribution is 7.98. The van der Waals surface area contributed by atoms with E-state index in [0.29, 0.717) is 36.5 Å². The summed E-state index contributed by atoms with van der Waals surface area (Å²) in [5.41, 5.74) is 1.63. The third-order valence-corrected chi connectivity index (χ3v) is 6.91. The van der Waals surface area contributed by atoms with Crippen molar-refractivity contribution < 1.29 is 19.1 Å². The molecule has 0 spiro atoms. The van der Waals surface area contributed by atoms with Crippen molar-refractivity contribution in [2.45, 2.75) is 30.6 Å². The van der Waals surface area contributed by atoms with E-state index in [1.165, 1.54) is 11.8 Å². The number of amides is 2. The highest BCUT2D eigenvalue weighted by Crippen LogP contribution is 2.38. The van der Waals surface area contributed by atoms with E-state index in [1.807, 2.05) is 25.3 Å². The largest absolute Gasteiger partial charge is 0.475 e. The Hall–Kier alpha value is -3.25. The number of aromatic nitrogens is 5. The molecule has 12 heteroatoms. The minimum atomic E-state index is -0.459. The maximum atomic E-state index is 13.5. The molecule has 5 rings (SSSR count). The Bertz CT molecular complexity index is 1240. The van der Waals surface area contributed by atoms with Crippen LogP contribution in [0.3, 0.4) is 0 Å². The maximum Gasteiger partial charge on any atom is 0.256 e. The van der Waals surface area contributed by atoms with Gasteiger partial charge in [-0.25, -0.2) is 4.98 Å². The predicted molar refractivity (Wildman–Crippen MR) is 127 cm³/mol. The molecule has 0 bridgehead atoms. The Labute approximate surface area is 206 Å². The van der Waals surface area contributed by atoms with Crippen molar-refractivity contribution in [3.63, 3.8) is 0 Å². The highest BCUT2D eigenvalue weighted by Gasteiger charge is 2.45. The lowest BCUT2D eigenvalue weighted by Crippen LogP contribution is -2.50. The van der Waals surface area contributed by atoms with Crippen LogP contribution in [0.25, 0.3) is 5.78 Å². The second-order valence-corrected chi connectivity index (χ2v) is 9.45. The molecule has 0 aliphatic carbocycles. The van der Waals surface area contributed by atoms with Gasteiger partial charge in [0.1, 0.15) is 12.7 Å². The summed E-state index contributed by atoms with van der Waals surface area (Å²) >= 11 is 1.43. The Morgan fingerprint density at radius 1 is 1.34 bits per heavy atom. The summed E-state index contributed by atoms with van der Waals surface area (Å²) in [5, 5.41) is 5.03. The number of thioether (sulfide) groups is 1. The second-order valence-electron chi connectivity index (χ2n) is 8.68. The van der Waals surface area contributed by atoms with Crippen LogP contribution in [0.5, 0.6) is 5.88 Å². The Balaban J connectivity index is 1.28. The first kappa shape index (κ1) is 23.5. The molecule has 3 aromatic heterocycles. The lowest BCUT2D eigenvalue weighted by molar-refractivity contribution is -0.145. The van der Waals surface area contributed by atoms with Crippen molar-refractivity contribution in [1.29, 1.82) is 0 Å². The average Bonchev–Trinajstić information content (AvgIpc) is 3.43. The molecule has 0 aromatic carbocycles. The molecule has 11 nitrogen and oxygen atoms in total. The summed E-state index contributed by atoms with van der Waals surface area (Å²) in [5.74, 6) is 0.445. The molecule has 1 unspecified atom stereocenters. The molecular weight excluding hydrogens is 470 g/mol. The van der Waals surface area contributed by atoms with E-state index in [-0.39, 0.29) is 37.0 Å². The van der Waals surface area contributed by atoms with Gasteiger partial charge in [-0.2, -0.15) is 9.50 Å². The smallest absolute Gasteiger partial charge is 0.256 e. The van der Waals surface area contributed by atoms with Crippen molar-refractivity contribution in [2.24, 2.45) is 5.92 Å². The number of ether oxygens (including phenoxy) is 2. The van der Waals surface area contributed by atoms with E-state index in [0.717, 1.165) is 11.3 Å².